The van der Waals surface area contributed by atoms with Crippen LogP contribution in [0, 0.1) is 13.8 Å². The first kappa shape index (κ1) is 67.8. The number of nitrogens with zero attached hydrogens (tertiary/aromatic N) is 36. The number of rotatable bonds is 4. The summed E-state index contributed by atoms with van der Waals surface area (Å²) in [7, 11) is 0. The molecule has 24 rings (SSSR count). The molecule has 0 N–H and O–H groups in total. The van der Waals surface area contributed by atoms with E-state index < -0.39 is 0 Å². The van der Waals surface area contributed by atoms with E-state index >= 15 is 0 Å². The number of thioether (sulfide) groups is 4. The highest BCUT2D eigenvalue weighted by Crippen LogP contribution is 2.42. The first-order valence-corrected chi connectivity index (χ1v) is 37.5. The van der Waals surface area contributed by atoms with E-state index in [2.05, 4.69) is 154 Å². The second-order valence-corrected chi connectivity index (χ2v) is 27.8. The standard InChI is InChI=1S/4C11H6N6OS.2C11H6N6O/c1-19-5-2-3-6-7(4-5)8-9(10(6)18)12-11-13-15-16-17(11)14-8;1-19-5-2-3-6-7(4-5)8-9(10(6)18)14-17-11(12-8)13-15-16-17;1-19-5-2-3-6-7(4-5)10(18)9-8(6)14-17-11(12-9)13-15-16-17;1-19-5-2-3-6-7(4-5)10(18)9-8(6)12-11-13-15-16-17(11)14-9;1-5-3-2-4-6-7(5)10(18)9-8(6)14-17-11(12-9)13-15-16-17;1-5-3-2-4-6-7(5)10(18)9-8(6)12-11-13-15-16-17(11)14-9/h4*2-4H,1H3;2*2-4H,1H3. The van der Waals surface area contributed by atoms with E-state index in [1.165, 1.54) is 13.9 Å². The Morgan fingerprint density at radius 1 is 0.241 bits per heavy atom. The lowest BCUT2D eigenvalue weighted by Gasteiger charge is -2.00. The molecule has 0 spiro atoms. The first-order chi connectivity index (χ1) is 54.6. The molecule has 6 aromatic carbocycles. The monoisotopic (exact) mass is 1560 g/mol. The van der Waals surface area contributed by atoms with Crippen molar-refractivity contribution in [1.82, 2.24) is 181 Å². The second kappa shape index (κ2) is 26.6. The highest BCUT2D eigenvalue weighted by atomic mass is 32.2. The molecule has 46 heteroatoms. The average Bonchev–Trinajstić information content (AvgIpc) is 1.63. The molecule has 0 aliphatic heterocycles. The maximum absolute atomic E-state index is 12.3. The van der Waals surface area contributed by atoms with Crippen LogP contribution in [0.2, 0.25) is 0 Å². The van der Waals surface area contributed by atoms with Gasteiger partial charge in [-0.05, 0) is 173 Å². The zero-order chi connectivity index (χ0) is 76.5. The van der Waals surface area contributed by atoms with Crippen molar-refractivity contribution in [2.45, 2.75) is 33.4 Å². The molecule has 42 nitrogen and oxygen atoms in total. The van der Waals surface area contributed by atoms with Crippen LogP contribution in [0.3, 0.4) is 0 Å². The molecule has 0 saturated heterocycles. The minimum Gasteiger partial charge on any atom is -0.287 e. The third kappa shape index (κ3) is 11.0. The predicted molar refractivity (Wildman–Crippen MR) is 388 cm³/mol. The Bertz CT molecular complexity index is 6780. The molecule has 6 aliphatic rings. The molecule has 112 heavy (non-hydrogen) atoms. The summed E-state index contributed by atoms with van der Waals surface area (Å²) in [6.45, 7) is 3.79. The molecular weight excluding hydrogens is 1520 g/mol. The molecule has 0 unspecified atom stereocenters. The summed E-state index contributed by atoms with van der Waals surface area (Å²) < 4.78 is 7.17. The highest BCUT2D eigenvalue weighted by molar-refractivity contribution is 7.99. The molecule has 0 radical (unpaired) electrons. The summed E-state index contributed by atoms with van der Waals surface area (Å²) in [5.41, 5.74) is 15.5. The zero-order valence-electron chi connectivity index (χ0n) is 57.6. The summed E-state index contributed by atoms with van der Waals surface area (Å²) in [6.07, 6.45) is 7.90. The summed E-state index contributed by atoms with van der Waals surface area (Å²) >= 11 is 6.39. The molecule has 6 aliphatic carbocycles. The fourth-order valence-electron chi connectivity index (χ4n) is 12.9. The van der Waals surface area contributed by atoms with Crippen LogP contribution < -0.4 is 0 Å². The summed E-state index contributed by atoms with van der Waals surface area (Å²) in [4.78, 5) is 103. The number of tetrazole rings is 6. The number of hydrogen-bond donors (Lipinski definition) is 0. The van der Waals surface area contributed by atoms with Crippen LogP contribution in [0.15, 0.2) is 129 Å². The van der Waals surface area contributed by atoms with Crippen molar-refractivity contribution in [2.75, 3.05) is 25.0 Å². The lowest BCUT2D eigenvalue weighted by molar-refractivity contribution is 0.102. The third-order valence-electron chi connectivity index (χ3n) is 18.1. The molecule has 0 atom stereocenters. The van der Waals surface area contributed by atoms with E-state index in [0.29, 0.717) is 102 Å². The molecule has 540 valence electrons. The predicted octanol–water partition coefficient (Wildman–Crippen LogP) is 4.26. The van der Waals surface area contributed by atoms with Gasteiger partial charge in [-0.1, -0.05) is 107 Å². The molecular formula is C66H36N36O6S4. The lowest BCUT2D eigenvalue weighted by atomic mass is 10.0. The summed E-state index contributed by atoms with van der Waals surface area (Å²) in [5, 5.41) is 90.3. The van der Waals surface area contributed by atoms with Crippen molar-refractivity contribution >= 4 is 116 Å². The fraction of sp³-hybridized carbons (Fsp3) is 0.0909. The Labute approximate surface area is 636 Å². The van der Waals surface area contributed by atoms with Crippen LogP contribution in [-0.4, -0.2) is 241 Å². The van der Waals surface area contributed by atoms with Gasteiger partial charge in [0.2, 0.25) is 34.7 Å². The van der Waals surface area contributed by atoms with Gasteiger partial charge in [0.15, 0.2) is 17.1 Å². The second-order valence-electron chi connectivity index (χ2n) is 24.3. The van der Waals surface area contributed by atoms with E-state index in [4.69, 9.17) is 0 Å². The minimum atomic E-state index is -0.137. The summed E-state index contributed by atoms with van der Waals surface area (Å²) in [6, 6.07) is 34.0. The smallest absolute Gasteiger partial charge is 0.287 e. The Morgan fingerprint density at radius 3 is 0.884 bits per heavy atom. The molecule has 0 fully saturated rings. The molecule has 18 aromatic rings. The summed E-state index contributed by atoms with van der Waals surface area (Å²) in [5.74, 6) is 0.780. The maximum atomic E-state index is 12.3. The number of ketones is 6. The van der Waals surface area contributed by atoms with Crippen LogP contribution in [0.1, 0.15) is 107 Å². The lowest BCUT2D eigenvalue weighted by Crippen LogP contribution is -2.06. The highest BCUT2D eigenvalue weighted by Gasteiger charge is 2.38. The van der Waals surface area contributed by atoms with Gasteiger partial charge in [-0.15, -0.1) is 77.6 Å². The van der Waals surface area contributed by atoms with Crippen LogP contribution in [-0.2, 0) is 0 Å². The van der Waals surface area contributed by atoms with Gasteiger partial charge >= 0.3 is 0 Å². The number of fused-ring (bicyclic) bond motifs is 24. The fourth-order valence-corrected chi connectivity index (χ4v) is 14.7. The average molecular weight is 1560 g/mol. The Balaban J connectivity index is 0.0000000905. The zero-order valence-corrected chi connectivity index (χ0v) is 60.8. The van der Waals surface area contributed by atoms with Crippen molar-refractivity contribution < 1.29 is 28.8 Å². The van der Waals surface area contributed by atoms with Gasteiger partial charge in [0.05, 0.1) is 0 Å². The quantitative estimate of drug-likeness (QED) is 0.222. The minimum absolute atomic E-state index is 0.115. The van der Waals surface area contributed by atoms with Crippen molar-refractivity contribution in [1.29, 1.82) is 0 Å². The van der Waals surface area contributed by atoms with Crippen LogP contribution in [0.4, 0.5) is 0 Å². The van der Waals surface area contributed by atoms with E-state index in [-0.39, 0.29) is 69.4 Å². The largest absolute Gasteiger partial charge is 0.292 e. The van der Waals surface area contributed by atoms with Gasteiger partial charge in [-0.2, -0.15) is 0 Å². The number of benzene rings is 6. The third-order valence-corrected chi connectivity index (χ3v) is 21.0. The first-order valence-electron chi connectivity index (χ1n) is 32.6. The van der Waals surface area contributed by atoms with E-state index in [1.54, 1.807) is 59.2 Å². The number of aryl methyl sites for hydroxylation is 2. The van der Waals surface area contributed by atoms with Crippen molar-refractivity contribution in [3.8, 4) is 67.5 Å². The molecule has 0 saturated carbocycles. The number of aromatic nitrogens is 36. The van der Waals surface area contributed by atoms with Crippen LogP contribution >= 0.6 is 47.0 Å². The van der Waals surface area contributed by atoms with Crippen molar-refractivity contribution in [3.63, 3.8) is 0 Å². The maximum Gasteiger partial charge on any atom is 0.292 e. The molecule has 12 heterocycles. The number of carbonyl (C=O) groups excluding carboxylic acids is 6. The number of carbonyl (C=O) groups is 6. The van der Waals surface area contributed by atoms with Crippen molar-refractivity contribution in [2.24, 2.45) is 0 Å². The van der Waals surface area contributed by atoms with Gasteiger partial charge in [-0.25, -0.2) is 29.9 Å². The molecule has 0 amide bonds. The van der Waals surface area contributed by atoms with E-state index in [9.17, 15) is 28.8 Å². The van der Waals surface area contributed by atoms with Crippen LogP contribution in [0.25, 0.3) is 102 Å². The Hall–Kier alpha value is -14.8. The van der Waals surface area contributed by atoms with Crippen LogP contribution in [0.5, 0.6) is 0 Å². The normalized spacial score (nSPS) is 12.8. The van der Waals surface area contributed by atoms with E-state index in [0.717, 1.165) is 78.0 Å². The number of hydrogen-bond acceptors (Lipinski definition) is 40. The Morgan fingerprint density at radius 2 is 0.491 bits per heavy atom. The SMILES string of the molecule is CSc1ccc2c(c1)-c1nc3nnnn3nc1C2=O.CSc1ccc2c(c1)-c1nn3nnnc3nc1C2=O.CSc1ccc2c(c1)C(=O)c1nc3nnnn3nc1-2.CSc1ccc2c(c1)C(=O)c1nn3nnnc3nc1-2.Cc1cccc2c1C(=O)c1nc3nnnn3nc1-2.Cc1cccc2c1C(=O)c1nn3nnnc3nc1-2. The van der Waals surface area contributed by atoms with Gasteiger partial charge in [0.1, 0.15) is 51.2 Å². The topological polar surface area (TPSA) is 516 Å². The molecule has 12 aromatic heterocycles. The van der Waals surface area contributed by atoms with E-state index in [1.807, 2.05) is 136 Å². The Kier molecular flexibility index (Phi) is 16.1. The van der Waals surface area contributed by atoms with Crippen molar-refractivity contribution in [3.05, 3.63) is 188 Å². The van der Waals surface area contributed by atoms with Gasteiger partial charge in [-0.3, -0.25) is 28.8 Å². The molecule has 0 bridgehead atoms. The van der Waals surface area contributed by atoms with Gasteiger partial charge in [0.25, 0.3) is 34.7 Å². The van der Waals surface area contributed by atoms with Gasteiger partial charge in [0, 0.05) is 86.3 Å². The van der Waals surface area contributed by atoms with Gasteiger partial charge < -0.3 is 0 Å².